The molecule has 8 nitrogen and oxygen atoms in total. The van der Waals surface area contributed by atoms with Gasteiger partial charge in [0.1, 0.15) is 17.6 Å². The molecule has 26 heavy (non-hydrogen) atoms. The molecule has 1 aromatic rings. The number of urea groups is 1. The minimum absolute atomic E-state index is 0.0764. The molecule has 2 aliphatic heterocycles. The second-order valence-electron chi connectivity index (χ2n) is 7.09. The SMILES string of the molecule is Cc1ccc(CN2CCC(CNC(=O)CCC3NC(=O)NC3=O)CC2)o1. The minimum Gasteiger partial charge on any atom is -0.465 e. The summed E-state index contributed by atoms with van der Waals surface area (Å²) in [6.07, 6.45) is 2.64. The van der Waals surface area contributed by atoms with Crippen molar-refractivity contribution < 1.29 is 18.8 Å². The molecule has 0 spiro atoms. The van der Waals surface area contributed by atoms with E-state index in [0.29, 0.717) is 18.9 Å². The molecule has 1 atom stereocenters. The first-order chi connectivity index (χ1) is 12.5. The fraction of sp³-hybridized carbons (Fsp3) is 0.611. The van der Waals surface area contributed by atoms with Crippen molar-refractivity contribution in [3.63, 3.8) is 0 Å². The van der Waals surface area contributed by atoms with Crippen LogP contribution in [0.15, 0.2) is 16.5 Å². The highest BCUT2D eigenvalue weighted by Crippen LogP contribution is 2.19. The Morgan fingerprint density at radius 3 is 2.69 bits per heavy atom. The van der Waals surface area contributed by atoms with Gasteiger partial charge in [-0.1, -0.05) is 0 Å². The van der Waals surface area contributed by atoms with Crippen LogP contribution in [0.1, 0.15) is 37.2 Å². The Bertz CT molecular complexity index is 664. The summed E-state index contributed by atoms with van der Waals surface area (Å²) in [6, 6.07) is 2.92. The molecule has 3 rings (SSSR count). The van der Waals surface area contributed by atoms with Gasteiger partial charge in [-0.25, -0.2) is 4.79 Å². The summed E-state index contributed by atoms with van der Waals surface area (Å²) in [6.45, 7) is 5.44. The van der Waals surface area contributed by atoms with Crippen LogP contribution in [0.4, 0.5) is 4.79 Å². The van der Waals surface area contributed by atoms with Gasteiger partial charge >= 0.3 is 6.03 Å². The molecule has 1 aromatic heterocycles. The van der Waals surface area contributed by atoms with Crippen molar-refractivity contribution in [2.75, 3.05) is 19.6 Å². The van der Waals surface area contributed by atoms with Gasteiger partial charge in [0.05, 0.1) is 6.54 Å². The van der Waals surface area contributed by atoms with Crippen LogP contribution in [-0.2, 0) is 16.1 Å². The van der Waals surface area contributed by atoms with Crippen LogP contribution in [0, 0.1) is 12.8 Å². The smallest absolute Gasteiger partial charge is 0.322 e. The first kappa shape index (κ1) is 18.4. The number of piperidine rings is 1. The minimum atomic E-state index is -0.596. The van der Waals surface area contributed by atoms with Crippen LogP contribution >= 0.6 is 0 Å². The topological polar surface area (TPSA) is 104 Å². The van der Waals surface area contributed by atoms with Crippen molar-refractivity contribution >= 4 is 17.8 Å². The summed E-state index contributed by atoms with van der Waals surface area (Å²) in [5.74, 6) is 1.97. The molecule has 3 heterocycles. The molecule has 0 bridgehead atoms. The summed E-state index contributed by atoms with van der Waals surface area (Å²) in [4.78, 5) is 36.8. The van der Waals surface area contributed by atoms with Crippen molar-refractivity contribution in [1.82, 2.24) is 20.9 Å². The maximum absolute atomic E-state index is 12.0. The average molecular weight is 362 g/mol. The summed E-state index contributed by atoms with van der Waals surface area (Å²) >= 11 is 0. The lowest BCUT2D eigenvalue weighted by Gasteiger charge is -2.31. The summed E-state index contributed by atoms with van der Waals surface area (Å²) < 4.78 is 5.62. The number of nitrogens with zero attached hydrogens (tertiary/aromatic N) is 1. The lowest BCUT2D eigenvalue weighted by atomic mass is 9.96. The van der Waals surface area contributed by atoms with Gasteiger partial charge in [0, 0.05) is 13.0 Å². The lowest BCUT2D eigenvalue weighted by Crippen LogP contribution is -2.38. The Morgan fingerprint density at radius 1 is 1.31 bits per heavy atom. The van der Waals surface area contributed by atoms with E-state index in [2.05, 4.69) is 20.9 Å². The number of likely N-dealkylation sites (tertiary alicyclic amines) is 1. The number of carbonyl (C=O) groups is 3. The number of furan rings is 1. The molecule has 2 fully saturated rings. The van der Waals surface area contributed by atoms with E-state index in [1.54, 1.807) is 0 Å². The standard InChI is InChI=1S/C18H26N4O4/c1-12-2-3-14(26-12)11-22-8-6-13(7-9-22)10-19-16(23)5-4-15-17(24)21-18(25)20-15/h2-3,13,15H,4-11H2,1H3,(H,19,23)(H2,20,21,24,25). The van der Waals surface area contributed by atoms with Crippen LogP contribution in [0.2, 0.25) is 0 Å². The molecule has 0 aromatic carbocycles. The van der Waals surface area contributed by atoms with Crippen molar-refractivity contribution in [3.05, 3.63) is 23.7 Å². The van der Waals surface area contributed by atoms with Crippen molar-refractivity contribution in [2.24, 2.45) is 5.92 Å². The number of aryl methyl sites for hydroxylation is 1. The second-order valence-corrected chi connectivity index (χ2v) is 7.09. The third kappa shape index (κ3) is 5.08. The highest BCUT2D eigenvalue weighted by molar-refractivity contribution is 6.04. The molecule has 2 saturated heterocycles. The number of nitrogens with one attached hydrogen (secondary N) is 3. The first-order valence-electron chi connectivity index (χ1n) is 9.15. The zero-order valence-corrected chi connectivity index (χ0v) is 15.0. The largest absolute Gasteiger partial charge is 0.465 e. The van der Waals surface area contributed by atoms with E-state index in [9.17, 15) is 14.4 Å². The van der Waals surface area contributed by atoms with Gasteiger partial charge < -0.3 is 15.1 Å². The van der Waals surface area contributed by atoms with Crippen molar-refractivity contribution in [3.8, 4) is 0 Å². The fourth-order valence-corrected chi connectivity index (χ4v) is 3.42. The predicted octanol–water partition coefficient (Wildman–Crippen LogP) is 0.904. The Hall–Kier alpha value is -2.35. The van der Waals surface area contributed by atoms with Gasteiger partial charge in [0.2, 0.25) is 5.91 Å². The lowest BCUT2D eigenvalue weighted by molar-refractivity contribution is -0.122. The highest BCUT2D eigenvalue weighted by Gasteiger charge is 2.29. The first-order valence-corrected chi connectivity index (χ1v) is 9.15. The molecule has 142 valence electrons. The van der Waals surface area contributed by atoms with Crippen LogP contribution in [0.3, 0.4) is 0 Å². The molecule has 0 radical (unpaired) electrons. The van der Waals surface area contributed by atoms with Gasteiger partial charge in [-0.2, -0.15) is 0 Å². The molecular formula is C18H26N4O4. The Labute approximate surface area is 152 Å². The number of rotatable bonds is 7. The fourth-order valence-electron chi connectivity index (χ4n) is 3.42. The zero-order chi connectivity index (χ0) is 18.5. The van der Waals surface area contributed by atoms with E-state index in [-0.39, 0.29) is 18.2 Å². The third-order valence-corrected chi connectivity index (χ3v) is 4.99. The third-order valence-electron chi connectivity index (χ3n) is 4.99. The maximum atomic E-state index is 12.0. The molecule has 8 heteroatoms. The molecule has 0 aliphatic carbocycles. The molecule has 1 unspecified atom stereocenters. The van der Waals surface area contributed by atoms with E-state index >= 15 is 0 Å². The monoisotopic (exact) mass is 362 g/mol. The molecule has 3 N–H and O–H groups in total. The number of hydrogen-bond donors (Lipinski definition) is 3. The Morgan fingerprint density at radius 2 is 2.08 bits per heavy atom. The van der Waals surface area contributed by atoms with Gasteiger partial charge in [-0.05, 0) is 57.3 Å². The van der Waals surface area contributed by atoms with Crippen LogP contribution in [-0.4, -0.2) is 48.4 Å². The number of carbonyl (C=O) groups excluding carboxylic acids is 3. The van der Waals surface area contributed by atoms with E-state index in [1.807, 2.05) is 19.1 Å². The van der Waals surface area contributed by atoms with E-state index < -0.39 is 12.1 Å². The Balaban J connectivity index is 1.30. The van der Waals surface area contributed by atoms with Gasteiger partial charge in [0.15, 0.2) is 0 Å². The van der Waals surface area contributed by atoms with Crippen LogP contribution in [0.25, 0.3) is 0 Å². The van der Waals surface area contributed by atoms with Gasteiger partial charge in [-0.3, -0.25) is 19.8 Å². The molecule has 4 amide bonds. The van der Waals surface area contributed by atoms with E-state index in [1.165, 1.54) is 0 Å². The zero-order valence-electron chi connectivity index (χ0n) is 15.0. The number of amides is 4. The predicted molar refractivity (Wildman–Crippen MR) is 94.2 cm³/mol. The number of hydrogen-bond acceptors (Lipinski definition) is 5. The Kier molecular flexibility index (Phi) is 5.92. The van der Waals surface area contributed by atoms with Crippen molar-refractivity contribution in [2.45, 2.75) is 45.2 Å². The van der Waals surface area contributed by atoms with E-state index in [0.717, 1.165) is 44.0 Å². The second kappa shape index (κ2) is 8.35. The van der Waals surface area contributed by atoms with E-state index in [4.69, 9.17) is 4.42 Å². The maximum Gasteiger partial charge on any atom is 0.322 e. The summed E-state index contributed by atoms with van der Waals surface area (Å²) in [7, 11) is 0. The molecule has 0 saturated carbocycles. The van der Waals surface area contributed by atoms with Gasteiger partial charge in [-0.15, -0.1) is 0 Å². The van der Waals surface area contributed by atoms with Gasteiger partial charge in [0.25, 0.3) is 5.91 Å². The quantitative estimate of drug-likeness (QED) is 0.626. The normalized spacial score (nSPS) is 21.5. The number of imide groups is 1. The van der Waals surface area contributed by atoms with Crippen molar-refractivity contribution in [1.29, 1.82) is 0 Å². The molecular weight excluding hydrogens is 336 g/mol. The van der Waals surface area contributed by atoms with Crippen LogP contribution < -0.4 is 16.0 Å². The highest BCUT2D eigenvalue weighted by atomic mass is 16.3. The van der Waals surface area contributed by atoms with Crippen LogP contribution in [0.5, 0.6) is 0 Å². The summed E-state index contributed by atoms with van der Waals surface area (Å²) in [5.41, 5.74) is 0. The average Bonchev–Trinajstić information content (AvgIpc) is 3.16. The summed E-state index contributed by atoms with van der Waals surface area (Å²) in [5, 5.41) is 7.61. The molecule has 2 aliphatic rings.